The second-order valence-electron chi connectivity index (χ2n) is 5.90. The molecule has 0 bridgehead atoms. The summed E-state index contributed by atoms with van der Waals surface area (Å²) in [6, 6.07) is 1.29. The molecule has 0 saturated heterocycles. The molecule has 0 aromatic rings. The molecule has 0 spiro atoms. The van der Waals surface area contributed by atoms with E-state index in [9.17, 15) is 5.11 Å². The summed E-state index contributed by atoms with van der Waals surface area (Å²) in [5, 5.41) is 13.1. The fraction of sp³-hybridized carbons (Fsp3) is 1.00. The van der Waals surface area contributed by atoms with E-state index in [0.717, 1.165) is 31.6 Å². The molecule has 0 aromatic heterocycles. The molecule has 1 saturated carbocycles. The molecule has 1 fully saturated rings. The van der Waals surface area contributed by atoms with Gasteiger partial charge in [0.1, 0.15) is 0 Å². The van der Waals surface area contributed by atoms with Gasteiger partial charge in [0, 0.05) is 12.1 Å². The molecule has 2 heteroatoms. The molecule has 0 aromatic carbocycles. The number of rotatable bonds is 6. The molecule has 1 atom stereocenters. The molecule has 1 aliphatic rings. The maximum atomic E-state index is 9.44. The van der Waals surface area contributed by atoms with Gasteiger partial charge in [-0.3, -0.25) is 0 Å². The Balaban J connectivity index is 2.07. The normalized spacial score (nSPS) is 28.3. The molecule has 0 radical (unpaired) electrons. The van der Waals surface area contributed by atoms with Gasteiger partial charge in [-0.1, -0.05) is 26.7 Å². The van der Waals surface area contributed by atoms with Gasteiger partial charge in [-0.05, 0) is 44.9 Å². The first kappa shape index (κ1) is 14.0. The number of hydrogen-bond donors (Lipinski definition) is 2. The predicted octanol–water partition coefficient (Wildman–Crippen LogP) is 3.09. The van der Waals surface area contributed by atoms with E-state index in [1.54, 1.807) is 0 Å². The lowest BCUT2D eigenvalue weighted by Crippen LogP contribution is -2.39. The Bertz CT molecular complexity index is 174. The van der Waals surface area contributed by atoms with Crippen molar-refractivity contribution in [2.75, 3.05) is 0 Å². The van der Waals surface area contributed by atoms with Gasteiger partial charge < -0.3 is 10.4 Å². The smallest absolute Gasteiger partial charge is 0.0541 e. The highest BCUT2D eigenvalue weighted by Gasteiger charge is 2.20. The zero-order valence-electron chi connectivity index (χ0n) is 11.2. The van der Waals surface area contributed by atoms with E-state index in [-0.39, 0.29) is 6.10 Å². The van der Waals surface area contributed by atoms with Crippen molar-refractivity contribution >= 4 is 0 Å². The van der Waals surface area contributed by atoms with Gasteiger partial charge in [0.15, 0.2) is 0 Å². The fourth-order valence-corrected chi connectivity index (χ4v) is 2.56. The summed E-state index contributed by atoms with van der Waals surface area (Å²) in [6.07, 6.45) is 8.20. The van der Waals surface area contributed by atoms with Crippen LogP contribution in [0, 0.1) is 5.92 Å². The van der Waals surface area contributed by atoms with Crippen LogP contribution < -0.4 is 5.32 Å². The van der Waals surface area contributed by atoms with Crippen molar-refractivity contribution in [1.29, 1.82) is 0 Å². The van der Waals surface area contributed by atoms with Crippen LogP contribution in [0.5, 0.6) is 0 Å². The summed E-state index contributed by atoms with van der Waals surface area (Å²) < 4.78 is 0. The molecule has 0 heterocycles. The first-order chi connectivity index (χ1) is 7.58. The van der Waals surface area contributed by atoms with Crippen LogP contribution in [0.1, 0.15) is 65.7 Å². The Morgan fingerprint density at radius 3 is 2.25 bits per heavy atom. The molecule has 1 rings (SSSR count). The Labute approximate surface area is 101 Å². The molecule has 1 aliphatic carbocycles. The van der Waals surface area contributed by atoms with E-state index >= 15 is 0 Å². The standard InChI is InChI=1S/C14H29NO/c1-11(2)5-4-6-12(3)15-13-7-9-14(16)10-8-13/h11-16H,4-10H2,1-3H3. The number of aliphatic hydroxyl groups is 1. The first-order valence-corrected chi connectivity index (χ1v) is 7.02. The number of hydrogen-bond acceptors (Lipinski definition) is 2. The van der Waals surface area contributed by atoms with Crippen molar-refractivity contribution in [2.45, 2.75) is 83.9 Å². The van der Waals surface area contributed by atoms with Crippen LogP contribution in [0.25, 0.3) is 0 Å². The highest BCUT2D eigenvalue weighted by molar-refractivity contribution is 4.78. The van der Waals surface area contributed by atoms with E-state index in [4.69, 9.17) is 0 Å². The molecule has 1 unspecified atom stereocenters. The van der Waals surface area contributed by atoms with Crippen LogP contribution in [-0.2, 0) is 0 Å². The molecular formula is C14H29NO. The summed E-state index contributed by atoms with van der Waals surface area (Å²) in [5.41, 5.74) is 0. The van der Waals surface area contributed by atoms with Gasteiger partial charge in [0.05, 0.1) is 6.10 Å². The molecule has 96 valence electrons. The molecule has 0 amide bonds. The summed E-state index contributed by atoms with van der Waals surface area (Å²) in [7, 11) is 0. The summed E-state index contributed by atoms with van der Waals surface area (Å²) in [4.78, 5) is 0. The van der Waals surface area contributed by atoms with Gasteiger partial charge in [-0.25, -0.2) is 0 Å². The van der Waals surface area contributed by atoms with E-state index in [1.807, 2.05) is 0 Å². The van der Waals surface area contributed by atoms with Crippen molar-refractivity contribution < 1.29 is 5.11 Å². The lowest BCUT2D eigenvalue weighted by molar-refractivity contribution is 0.114. The predicted molar refractivity (Wildman–Crippen MR) is 69.5 cm³/mol. The van der Waals surface area contributed by atoms with Crippen molar-refractivity contribution in [3.63, 3.8) is 0 Å². The lowest BCUT2D eigenvalue weighted by Gasteiger charge is -2.29. The van der Waals surface area contributed by atoms with E-state index < -0.39 is 0 Å². The van der Waals surface area contributed by atoms with Crippen molar-refractivity contribution in [2.24, 2.45) is 5.92 Å². The second kappa shape index (κ2) is 7.29. The molecule has 2 nitrogen and oxygen atoms in total. The zero-order chi connectivity index (χ0) is 12.0. The average molecular weight is 227 g/mol. The third-order valence-corrected chi connectivity index (χ3v) is 3.64. The van der Waals surface area contributed by atoms with Gasteiger partial charge >= 0.3 is 0 Å². The Hall–Kier alpha value is -0.0800. The van der Waals surface area contributed by atoms with E-state index in [2.05, 4.69) is 26.1 Å². The zero-order valence-corrected chi connectivity index (χ0v) is 11.2. The first-order valence-electron chi connectivity index (χ1n) is 7.02. The summed E-state index contributed by atoms with van der Waals surface area (Å²) >= 11 is 0. The molecular weight excluding hydrogens is 198 g/mol. The minimum absolute atomic E-state index is 0.0331. The van der Waals surface area contributed by atoms with Crippen molar-refractivity contribution in [3.05, 3.63) is 0 Å². The Kier molecular flexibility index (Phi) is 6.37. The maximum absolute atomic E-state index is 9.44. The summed E-state index contributed by atoms with van der Waals surface area (Å²) in [6.45, 7) is 6.88. The third-order valence-electron chi connectivity index (χ3n) is 3.64. The van der Waals surface area contributed by atoms with Crippen LogP contribution in [0.2, 0.25) is 0 Å². The van der Waals surface area contributed by atoms with Crippen molar-refractivity contribution in [1.82, 2.24) is 5.32 Å². The van der Waals surface area contributed by atoms with E-state index in [1.165, 1.54) is 19.3 Å². The quantitative estimate of drug-likeness (QED) is 0.731. The second-order valence-corrected chi connectivity index (χ2v) is 5.90. The highest BCUT2D eigenvalue weighted by atomic mass is 16.3. The monoisotopic (exact) mass is 227 g/mol. The Morgan fingerprint density at radius 2 is 1.69 bits per heavy atom. The molecule has 16 heavy (non-hydrogen) atoms. The Morgan fingerprint density at radius 1 is 1.06 bits per heavy atom. The number of aliphatic hydroxyl groups excluding tert-OH is 1. The molecule has 2 N–H and O–H groups in total. The van der Waals surface area contributed by atoms with Gasteiger partial charge in [-0.15, -0.1) is 0 Å². The SMILES string of the molecule is CC(C)CCCC(C)NC1CCC(O)CC1. The van der Waals surface area contributed by atoms with Crippen LogP contribution in [0.4, 0.5) is 0 Å². The van der Waals surface area contributed by atoms with Gasteiger partial charge in [-0.2, -0.15) is 0 Å². The van der Waals surface area contributed by atoms with Crippen LogP contribution in [-0.4, -0.2) is 23.3 Å². The average Bonchev–Trinajstić information content (AvgIpc) is 2.21. The van der Waals surface area contributed by atoms with E-state index in [0.29, 0.717) is 12.1 Å². The minimum atomic E-state index is -0.0331. The molecule has 0 aliphatic heterocycles. The highest BCUT2D eigenvalue weighted by Crippen LogP contribution is 2.19. The summed E-state index contributed by atoms with van der Waals surface area (Å²) in [5.74, 6) is 0.831. The van der Waals surface area contributed by atoms with Gasteiger partial charge in [0.2, 0.25) is 0 Å². The lowest BCUT2D eigenvalue weighted by atomic mass is 9.92. The number of nitrogens with one attached hydrogen (secondary N) is 1. The fourth-order valence-electron chi connectivity index (χ4n) is 2.56. The third kappa shape index (κ3) is 5.86. The largest absolute Gasteiger partial charge is 0.393 e. The maximum Gasteiger partial charge on any atom is 0.0541 e. The minimum Gasteiger partial charge on any atom is -0.393 e. The van der Waals surface area contributed by atoms with Crippen LogP contribution in [0.15, 0.2) is 0 Å². The van der Waals surface area contributed by atoms with Crippen LogP contribution >= 0.6 is 0 Å². The van der Waals surface area contributed by atoms with Crippen LogP contribution in [0.3, 0.4) is 0 Å². The topological polar surface area (TPSA) is 32.3 Å². The van der Waals surface area contributed by atoms with Gasteiger partial charge in [0.25, 0.3) is 0 Å². The van der Waals surface area contributed by atoms with Crippen molar-refractivity contribution in [3.8, 4) is 0 Å².